The van der Waals surface area contributed by atoms with Crippen molar-refractivity contribution in [1.82, 2.24) is 10.2 Å². The Kier molecular flexibility index (Phi) is 5.01. The van der Waals surface area contributed by atoms with Gasteiger partial charge < -0.3 is 15.0 Å². The summed E-state index contributed by atoms with van der Waals surface area (Å²) in [5.41, 5.74) is 2.31. The lowest BCUT2D eigenvalue weighted by Crippen LogP contribution is -2.47. The highest BCUT2D eigenvalue weighted by atomic mass is 16.5. The van der Waals surface area contributed by atoms with E-state index >= 15 is 0 Å². The van der Waals surface area contributed by atoms with Crippen LogP contribution in [0.15, 0.2) is 18.2 Å². The van der Waals surface area contributed by atoms with Crippen molar-refractivity contribution in [3.63, 3.8) is 0 Å². The molecule has 1 aromatic carbocycles. The highest BCUT2D eigenvalue weighted by Crippen LogP contribution is 2.27. The molecule has 1 fully saturated rings. The van der Waals surface area contributed by atoms with E-state index in [0.717, 1.165) is 43.1 Å². The van der Waals surface area contributed by atoms with Crippen LogP contribution >= 0.6 is 0 Å². The predicted molar refractivity (Wildman–Crippen MR) is 80.2 cm³/mol. The molecule has 0 aromatic heterocycles. The van der Waals surface area contributed by atoms with Gasteiger partial charge in [-0.2, -0.15) is 0 Å². The standard InChI is InChI=1S/C16H24N2O2/c1-12(2)14-5-4-13(3)10-15(14)20-11-16(19)18-8-6-17-7-9-18/h4-5,10,12,17H,6-9,11H2,1-3H3. The number of nitrogens with zero attached hydrogens (tertiary/aromatic N) is 1. The molecule has 1 saturated heterocycles. The molecular weight excluding hydrogens is 252 g/mol. The first-order valence-electron chi connectivity index (χ1n) is 7.30. The summed E-state index contributed by atoms with van der Waals surface area (Å²) >= 11 is 0. The first-order chi connectivity index (χ1) is 9.58. The van der Waals surface area contributed by atoms with E-state index in [-0.39, 0.29) is 12.5 Å². The molecule has 0 radical (unpaired) electrons. The number of hydrogen-bond acceptors (Lipinski definition) is 3. The third-order valence-electron chi connectivity index (χ3n) is 3.61. The van der Waals surface area contributed by atoms with Crippen LogP contribution in [0.1, 0.15) is 30.9 Å². The van der Waals surface area contributed by atoms with Gasteiger partial charge in [-0.3, -0.25) is 4.79 Å². The van der Waals surface area contributed by atoms with Gasteiger partial charge in [-0.1, -0.05) is 26.0 Å². The third kappa shape index (κ3) is 3.73. The molecule has 0 unspecified atom stereocenters. The van der Waals surface area contributed by atoms with E-state index in [1.165, 1.54) is 0 Å². The maximum atomic E-state index is 12.1. The van der Waals surface area contributed by atoms with Gasteiger partial charge in [0, 0.05) is 26.2 Å². The summed E-state index contributed by atoms with van der Waals surface area (Å²) in [5, 5.41) is 3.24. The maximum Gasteiger partial charge on any atom is 0.260 e. The number of amides is 1. The number of carbonyl (C=O) groups excluding carboxylic acids is 1. The molecule has 4 nitrogen and oxygen atoms in total. The van der Waals surface area contributed by atoms with Crippen molar-refractivity contribution in [1.29, 1.82) is 0 Å². The number of piperazine rings is 1. The van der Waals surface area contributed by atoms with Crippen LogP contribution in [-0.2, 0) is 4.79 Å². The van der Waals surface area contributed by atoms with Crippen molar-refractivity contribution in [2.75, 3.05) is 32.8 Å². The number of nitrogens with one attached hydrogen (secondary N) is 1. The van der Waals surface area contributed by atoms with Crippen LogP contribution in [0, 0.1) is 6.92 Å². The van der Waals surface area contributed by atoms with E-state index in [0.29, 0.717) is 5.92 Å². The molecule has 1 N–H and O–H groups in total. The van der Waals surface area contributed by atoms with E-state index in [1.54, 1.807) is 0 Å². The van der Waals surface area contributed by atoms with Crippen LogP contribution < -0.4 is 10.1 Å². The Morgan fingerprint density at radius 2 is 2.05 bits per heavy atom. The third-order valence-corrected chi connectivity index (χ3v) is 3.61. The van der Waals surface area contributed by atoms with Crippen molar-refractivity contribution in [2.24, 2.45) is 0 Å². The van der Waals surface area contributed by atoms with Gasteiger partial charge in [-0.15, -0.1) is 0 Å². The Hall–Kier alpha value is -1.55. The molecule has 0 saturated carbocycles. The van der Waals surface area contributed by atoms with Crippen molar-refractivity contribution < 1.29 is 9.53 Å². The summed E-state index contributed by atoms with van der Waals surface area (Å²) in [6, 6.07) is 6.19. The number of hydrogen-bond donors (Lipinski definition) is 1. The number of ether oxygens (including phenoxy) is 1. The summed E-state index contributed by atoms with van der Waals surface area (Å²) in [5.74, 6) is 1.30. The topological polar surface area (TPSA) is 41.6 Å². The van der Waals surface area contributed by atoms with E-state index in [9.17, 15) is 4.79 Å². The van der Waals surface area contributed by atoms with Gasteiger partial charge in [0.25, 0.3) is 5.91 Å². The second kappa shape index (κ2) is 6.75. The van der Waals surface area contributed by atoms with Crippen molar-refractivity contribution in [3.8, 4) is 5.75 Å². The van der Waals surface area contributed by atoms with Gasteiger partial charge in [0.2, 0.25) is 0 Å². The van der Waals surface area contributed by atoms with Gasteiger partial charge in [0.05, 0.1) is 0 Å². The van der Waals surface area contributed by atoms with Crippen molar-refractivity contribution >= 4 is 5.91 Å². The minimum atomic E-state index is 0.0720. The Labute approximate surface area is 121 Å². The largest absolute Gasteiger partial charge is 0.483 e. The van der Waals surface area contributed by atoms with Gasteiger partial charge in [-0.25, -0.2) is 0 Å². The second-order valence-electron chi connectivity index (χ2n) is 5.62. The summed E-state index contributed by atoms with van der Waals surface area (Å²) in [6.45, 7) is 9.71. The number of rotatable bonds is 4. The van der Waals surface area contributed by atoms with Crippen LogP contribution in [0.25, 0.3) is 0 Å². The molecule has 1 aliphatic rings. The molecule has 0 bridgehead atoms. The molecule has 110 valence electrons. The fraction of sp³-hybridized carbons (Fsp3) is 0.562. The zero-order valence-electron chi connectivity index (χ0n) is 12.6. The van der Waals surface area contributed by atoms with Gasteiger partial charge >= 0.3 is 0 Å². The zero-order valence-corrected chi connectivity index (χ0v) is 12.6. The summed E-state index contributed by atoms with van der Waals surface area (Å²) in [4.78, 5) is 14.0. The average molecular weight is 276 g/mol. The SMILES string of the molecule is Cc1ccc(C(C)C)c(OCC(=O)N2CCNCC2)c1. The lowest BCUT2D eigenvalue weighted by molar-refractivity contribution is -0.133. The molecule has 1 aliphatic heterocycles. The molecule has 0 aliphatic carbocycles. The van der Waals surface area contributed by atoms with Crippen LogP contribution in [0.2, 0.25) is 0 Å². The minimum absolute atomic E-state index is 0.0720. The summed E-state index contributed by atoms with van der Waals surface area (Å²) in [7, 11) is 0. The normalized spacial score (nSPS) is 15.5. The van der Waals surface area contributed by atoms with E-state index < -0.39 is 0 Å². The van der Waals surface area contributed by atoms with Gasteiger partial charge in [-0.05, 0) is 30.0 Å². The summed E-state index contributed by atoms with van der Waals surface area (Å²) in [6.07, 6.45) is 0. The molecular formula is C16H24N2O2. The van der Waals surface area contributed by atoms with Gasteiger partial charge in [0.15, 0.2) is 6.61 Å². The fourth-order valence-electron chi connectivity index (χ4n) is 2.39. The molecule has 2 rings (SSSR count). The minimum Gasteiger partial charge on any atom is -0.483 e. The van der Waals surface area contributed by atoms with Gasteiger partial charge in [0.1, 0.15) is 5.75 Å². The second-order valence-corrected chi connectivity index (χ2v) is 5.62. The Morgan fingerprint density at radius 1 is 1.35 bits per heavy atom. The Bertz CT molecular complexity index is 466. The average Bonchev–Trinajstić information content (AvgIpc) is 2.45. The summed E-state index contributed by atoms with van der Waals surface area (Å²) < 4.78 is 5.78. The number of benzene rings is 1. The number of aryl methyl sites for hydroxylation is 1. The van der Waals surface area contributed by atoms with E-state index in [4.69, 9.17) is 4.74 Å². The Balaban J connectivity index is 1.99. The van der Waals surface area contributed by atoms with Crippen LogP contribution in [0.4, 0.5) is 0 Å². The van der Waals surface area contributed by atoms with Crippen LogP contribution in [0.3, 0.4) is 0 Å². The molecule has 1 heterocycles. The fourth-order valence-corrected chi connectivity index (χ4v) is 2.39. The van der Waals surface area contributed by atoms with Crippen molar-refractivity contribution in [2.45, 2.75) is 26.7 Å². The molecule has 4 heteroatoms. The molecule has 1 aromatic rings. The predicted octanol–water partition coefficient (Wildman–Crippen LogP) is 1.93. The molecule has 0 spiro atoms. The van der Waals surface area contributed by atoms with E-state index in [1.807, 2.05) is 17.9 Å². The van der Waals surface area contributed by atoms with Crippen LogP contribution in [-0.4, -0.2) is 43.6 Å². The monoisotopic (exact) mass is 276 g/mol. The highest BCUT2D eigenvalue weighted by Gasteiger charge is 2.17. The lowest BCUT2D eigenvalue weighted by atomic mass is 10.0. The smallest absolute Gasteiger partial charge is 0.260 e. The molecule has 1 amide bonds. The highest BCUT2D eigenvalue weighted by molar-refractivity contribution is 5.78. The zero-order chi connectivity index (χ0) is 14.5. The maximum absolute atomic E-state index is 12.1. The lowest BCUT2D eigenvalue weighted by Gasteiger charge is -2.27. The molecule has 20 heavy (non-hydrogen) atoms. The first kappa shape index (κ1) is 14.9. The van der Waals surface area contributed by atoms with E-state index in [2.05, 4.69) is 31.3 Å². The number of carbonyl (C=O) groups is 1. The Morgan fingerprint density at radius 3 is 2.70 bits per heavy atom. The first-order valence-corrected chi connectivity index (χ1v) is 7.30. The van der Waals surface area contributed by atoms with Crippen LogP contribution in [0.5, 0.6) is 5.75 Å². The molecule has 0 atom stereocenters. The van der Waals surface area contributed by atoms with Crippen molar-refractivity contribution in [3.05, 3.63) is 29.3 Å². The quantitative estimate of drug-likeness (QED) is 0.913.